The number of hydrogen-bond donors (Lipinski definition) is 1. The fourth-order valence-corrected chi connectivity index (χ4v) is 2.39. The molecule has 1 saturated heterocycles. The summed E-state index contributed by atoms with van der Waals surface area (Å²) in [5.41, 5.74) is 5.43. The number of aromatic nitrogens is 1. The Morgan fingerprint density at radius 3 is 2.76 bits per heavy atom. The molecule has 0 spiro atoms. The molecule has 1 amide bonds. The number of likely N-dealkylation sites (tertiary alicyclic amines) is 1. The van der Waals surface area contributed by atoms with Gasteiger partial charge in [-0.25, -0.2) is 0 Å². The highest BCUT2D eigenvalue weighted by Gasteiger charge is 2.42. The minimum absolute atomic E-state index is 0.0332. The predicted molar refractivity (Wildman–Crippen MR) is 70.5 cm³/mol. The Bertz CT molecular complexity index is 583. The van der Waals surface area contributed by atoms with Crippen molar-refractivity contribution in [1.29, 1.82) is 0 Å². The number of amides is 1. The van der Waals surface area contributed by atoms with E-state index in [4.69, 9.17) is 5.73 Å². The van der Waals surface area contributed by atoms with Gasteiger partial charge in [-0.15, -0.1) is 0 Å². The Morgan fingerprint density at radius 2 is 2.10 bits per heavy atom. The number of carbonyl (C=O) groups is 1. The number of nitrogens with zero attached hydrogens (tertiary/aromatic N) is 2. The summed E-state index contributed by atoms with van der Waals surface area (Å²) in [6.07, 6.45) is -2.65. The van der Waals surface area contributed by atoms with Crippen molar-refractivity contribution >= 4 is 11.6 Å². The van der Waals surface area contributed by atoms with Crippen LogP contribution >= 0.6 is 0 Å². The lowest BCUT2D eigenvalue weighted by Crippen LogP contribution is -2.46. The second-order valence-electron chi connectivity index (χ2n) is 5.15. The number of anilines is 1. The molecule has 21 heavy (non-hydrogen) atoms. The van der Waals surface area contributed by atoms with Crippen LogP contribution in [-0.2, 0) is 11.3 Å². The van der Waals surface area contributed by atoms with Gasteiger partial charge in [0, 0.05) is 31.0 Å². The molecule has 8 heteroatoms. The number of nitrogens with two attached hydrogens (primary N) is 1. The summed E-state index contributed by atoms with van der Waals surface area (Å²) in [4.78, 5) is 24.8. The van der Waals surface area contributed by atoms with Gasteiger partial charge >= 0.3 is 6.18 Å². The zero-order valence-electron chi connectivity index (χ0n) is 11.3. The number of rotatable bonds is 2. The van der Waals surface area contributed by atoms with E-state index in [1.165, 1.54) is 18.3 Å². The van der Waals surface area contributed by atoms with Crippen LogP contribution in [0.5, 0.6) is 0 Å². The Balaban J connectivity index is 2.06. The van der Waals surface area contributed by atoms with Crippen molar-refractivity contribution in [2.24, 2.45) is 5.92 Å². The largest absolute Gasteiger partial charge is 0.398 e. The highest BCUT2D eigenvalue weighted by molar-refractivity contribution is 5.76. The number of nitrogen functional groups attached to an aromatic ring is 1. The lowest BCUT2D eigenvalue weighted by molar-refractivity contribution is -0.188. The quantitative estimate of drug-likeness (QED) is 0.893. The van der Waals surface area contributed by atoms with Gasteiger partial charge in [0.1, 0.15) is 6.54 Å². The minimum atomic E-state index is -4.30. The van der Waals surface area contributed by atoms with Crippen LogP contribution in [0.4, 0.5) is 18.9 Å². The first-order chi connectivity index (χ1) is 9.77. The summed E-state index contributed by atoms with van der Waals surface area (Å²) in [6, 6.07) is 2.63. The smallest absolute Gasteiger partial charge is 0.393 e. The summed E-state index contributed by atoms with van der Waals surface area (Å²) < 4.78 is 39.2. The molecular weight excluding hydrogens is 287 g/mol. The Morgan fingerprint density at radius 1 is 1.38 bits per heavy atom. The van der Waals surface area contributed by atoms with E-state index >= 15 is 0 Å². The molecule has 1 aliphatic heterocycles. The van der Waals surface area contributed by atoms with Gasteiger partial charge in [-0.3, -0.25) is 9.59 Å². The van der Waals surface area contributed by atoms with Crippen LogP contribution in [0.3, 0.4) is 0 Å². The summed E-state index contributed by atoms with van der Waals surface area (Å²) in [5.74, 6) is -2.00. The van der Waals surface area contributed by atoms with Gasteiger partial charge in [0.05, 0.1) is 5.92 Å². The van der Waals surface area contributed by atoms with Crippen LogP contribution in [0.25, 0.3) is 0 Å². The van der Waals surface area contributed by atoms with Gasteiger partial charge < -0.3 is 15.2 Å². The molecular formula is C13H16F3N3O2. The second kappa shape index (κ2) is 5.79. The molecule has 116 valence electrons. The monoisotopic (exact) mass is 303 g/mol. The fourth-order valence-electron chi connectivity index (χ4n) is 2.39. The van der Waals surface area contributed by atoms with Crippen molar-refractivity contribution < 1.29 is 18.0 Å². The zero-order valence-corrected chi connectivity index (χ0v) is 11.3. The van der Waals surface area contributed by atoms with Gasteiger partial charge in [0.2, 0.25) is 5.91 Å². The van der Waals surface area contributed by atoms with E-state index in [1.807, 2.05) is 0 Å². The minimum Gasteiger partial charge on any atom is -0.398 e. The van der Waals surface area contributed by atoms with Crippen LogP contribution in [-0.4, -0.2) is 34.6 Å². The number of carbonyl (C=O) groups excluding carboxylic acids is 1. The number of piperidine rings is 1. The number of hydrogen-bond acceptors (Lipinski definition) is 3. The maximum Gasteiger partial charge on any atom is 0.393 e. The van der Waals surface area contributed by atoms with Gasteiger partial charge in [0.25, 0.3) is 5.56 Å². The first-order valence-corrected chi connectivity index (χ1v) is 6.58. The first kappa shape index (κ1) is 15.4. The molecule has 1 unspecified atom stereocenters. The Hall–Kier alpha value is -1.99. The average Bonchev–Trinajstić information content (AvgIpc) is 2.42. The van der Waals surface area contributed by atoms with Crippen molar-refractivity contribution in [2.45, 2.75) is 25.6 Å². The topological polar surface area (TPSA) is 68.3 Å². The van der Waals surface area contributed by atoms with Gasteiger partial charge in [0.15, 0.2) is 0 Å². The SMILES string of the molecule is Nc1ccc(=O)n(CC(=O)N2CCCC(C(F)(F)F)C2)c1. The molecule has 1 fully saturated rings. The van der Waals surface area contributed by atoms with Crippen LogP contribution in [0.15, 0.2) is 23.1 Å². The Kier molecular flexibility index (Phi) is 4.24. The van der Waals surface area contributed by atoms with Crippen molar-refractivity contribution in [3.8, 4) is 0 Å². The molecule has 0 saturated carbocycles. The molecule has 0 radical (unpaired) electrons. The van der Waals surface area contributed by atoms with E-state index in [1.54, 1.807) is 0 Å². The van der Waals surface area contributed by atoms with Gasteiger partial charge in [-0.2, -0.15) is 13.2 Å². The van der Waals surface area contributed by atoms with Crippen LogP contribution in [0.1, 0.15) is 12.8 Å². The predicted octanol–water partition coefficient (Wildman–Crippen LogP) is 1.23. The van der Waals surface area contributed by atoms with Crippen LogP contribution in [0, 0.1) is 5.92 Å². The second-order valence-corrected chi connectivity index (χ2v) is 5.15. The molecule has 1 aliphatic rings. The molecule has 2 N–H and O–H groups in total. The lowest BCUT2D eigenvalue weighted by Gasteiger charge is -2.33. The highest BCUT2D eigenvalue weighted by atomic mass is 19.4. The van der Waals surface area contributed by atoms with Crippen molar-refractivity contribution in [2.75, 3.05) is 18.8 Å². The molecule has 5 nitrogen and oxygen atoms in total. The van der Waals surface area contributed by atoms with Crippen molar-refractivity contribution in [3.63, 3.8) is 0 Å². The lowest BCUT2D eigenvalue weighted by atomic mass is 9.97. The third kappa shape index (κ3) is 3.77. The zero-order chi connectivity index (χ0) is 15.6. The van der Waals surface area contributed by atoms with E-state index in [0.29, 0.717) is 12.1 Å². The van der Waals surface area contributed by atoms with E-state index in [0.717, 1.165) is 9.47 Å². The number of alkyl halides is 3. The van der Waals surface area contributed by atoms with Gasteiger partial charge in [-0.05, 0) is 18.9 Å². The van der Waals surface area contributed by atoms with Crippen molar-refractivity contribution in [1.82, 2.24) is 9.47 Å². The molecule has 1 atom stereocenters. The summed E-state index contributed by atoms with van der Waals surface area (Å²) in [5, 5.41) is 0. The highest BCUT2D eigenvalue weighted by Crippen LogP contribution is 2.33. The van der Waals surface area contributed by atoms with E-state index in [2.05, 4.69) is 0 Å². The Labute approximate surface area is 119 Å². The molecule has 0 aliphatic carbocycles. The third-order valence-electron chi connectivity index (χ3n) is 3.55. The summed E-state index contributed by atoms with van der Waals surface area (Å²) in [6.45, 7) is -0.365. The molecule has 0 aromatic carbocycles. The standard InChI is InChI=1S/C13H16F3N3O2/c14-13(15,16)9-2-1-5-18(6-9)12(21)8-19-7-10(17)3-4-11(19)20/h3-4,7,9H,1-2,5-6,8,17H2. The van der Waals surface area contributed by atoms with Crippen LogP contribution in [0.2, 0.25) is 0 Å². The van der Waals surface area contributed by atoms with Crippen molar-refractivity contribution in [3.05, 3.63) is 28.7 Å². The van der Waals surface area contributed by atoms with E-state index < -0.39 is 23.6 Å². The maximum atomic E-state index is 12.7. The van der Waals surface area contributed by atoms with E-state index in [9.17, 15) is 22.8 Å². The first-order valence-electron chi connectivity index (χ1n) is 6.58. The molecule has 2 rings (SSSR count). The molecule has 1 aromatic rings. The molecule has 0 bridgehead atoms. The summed E-state index contributed by atoms with van der Waals surface area (Å²) >= 11 is 0. The molecule has 2 heterocycles. The van der Waals surface area contributed by atoms with E-state index in [-0.39, 0.29) is 26.1 Å². The van der Waals surface area contributed by atoms with Gasteiger partial charge in [-0.1, -0.05) is 0 Å². The number of pyridine rings is 1. The average molecular weight is 303 g/mol. The maximum absolute atomic E-state index is 12.7. The normalized spacial score (nSPS) is 19.6. The molecule has 1 aromatic heterocycles. The van der Waals surface area contributed by atoms with Crippen LogP contribution < -0.4 is 11.3 Å². The third-order valence-corrected chi connectivity index (χ3v) is 3.55. The summed E-state index contributed by atoms with van der Waals surface area (Å²) in [7, 11) is 0. The fraction of sp³-hybridized carbons (Fsp3) is 0.538. The number of halogens is 3.